The Labute approximate surface area is 197 Å². The smallest absolute Gasteiger partial charge is 0.486 e. The van der Waals surface area contributed by atoms with Gasteiger partial charge in [0.15, 0.2) is 0 Å². The first kappa shape index (κ1) is 24.3. The van der Waals surface area contributed by atoms with Crippen molar-refractivity contribution in [2.75, 3.05) is 24.7 Å². The summed E-state index contributed by atoms with van der Waals surface area (Å²) in [6.07, 6.45) is -5.04. The fourth-order valence-electron chi connectivity index (χ4n) is 4.10. The zero-order chi connectivity index (χ0) is 25.2. The number of aliphatic carboxylic acids is 1. The topological polar surface area (TPSA) is 106 Å². The van der Waals surface area contributed by atoms with E-state index in [-0.39, 0.29) is 25.3 Å². The van der Waals surface area contributed by atoms with Crippen LogP contribution in [0.2, 0.25) is 0 Å². The Balaban J connectivity index is 1.58. The van der Waals surface area contributed by atoms with E-state index in [0.29, 0.717) is 17.0 Å². The standard InChI is InChI=1S/C23H21F3N2O7/c24-23(25,26)35-15-7-5-14(6-8-15)10-28-17-3-1-2-4-19(17)34-16-9-18(22(28)32)27(11-16)20(29)12-33-13-21(30)31/h1-8,16,18H,9-13H2,(H,30,31)/t16-,18-/m0/s1. The molecule has 2 bridgehead atoms. The number of nitrogens with zero attached hydrogens (tertiary/aromatic N) is 2. The van der Waals surface area contributed by atoms with E-state index in [1.165, 1.54) is 21.9 Å². The summed E-state index contributed by atoms with van der Waals surface area (Å²) in [4.78, 5) is 39.7. The molecular weight excluding hydrogens is 473 g/mol. The highest BCUT2D eigenvalue weighted by Gasteiger charge is 2.45. The van der Waals surface area contributed by atoms with Crippen molar-refractivity contribution in [3.63, 3.8) is 0 Å². The highest BCUT2D eigenvalue weighted by molar-refractivity contribution is 6.01. The number of carboxylic acid groups (broad SMARTS) is 1. The van der Waals surface area contributed by atoms with Crippen LogP contribution in [0, 0.1) is 0 Å². The Kier molecular flexibility index (Phi) is 6.83. The third kappa shape index (κ3) is 5.83. The van der Waals surface area contributed by atoms with Gasteiger partial charge in [0.05, 0.1) is 18.8 Å². The second-order valence-electron chi connectivity index (χ2n) is 8.01. The third-order valence-electron chi connectivity index (χ3n) is 5.53. The molecule has 1 saturated heterocycles. The number of carboxylic acids is 1. The lowest BCUT2D eigenvalue weighted by Crippen LogP contribution is -2.48. The summed E-state index contributed by atoms with van der Waals surface area (Å²) in [5, 5.41) is 8.71. The molecule has 2 aromatic rings. The molecule has 0 saturated carbocycles. The summed E-state index contributed by atoms with van der Waals surface area (Å²) in [5.41, 5.74) is 0.986. The molecule has 2 atom stereocenters. The number of anilines is 1. The van der Waals surface area contributed by atoms with Crippen LogP contribution in [0.3, 0.4) is 0 Å². The molecule has 0 aromatic heterocycles. The summed E-state index contributed by atoms with van der Waals surface area (Å²) in [6.45, 7) is -1.03. The molecule has 2 aliphatic rings. The predicted octanol–water partition coefficient (Wildman–Crippen LogP) is 2.58. The van der Waals surface area contributed by atoms with Crippen molar-refractivity contribution in [3.05, 3.63) is 54.1 Å². The minimum Gasteiger partial charge on any atom is -0.486 e. The summed E-state index contributed by atoms with van der Waals surface area (Å²) in [5.74, 6) is -2.13. The van der Waals surface area contributed by atoms with Crippen molar-refractivity contribution in [3.8, 4) is 11.5 Å². The van der Waals surface area contributed by atoms with E-state index in [1.54, 1.807) is 24.3 Å². The Morgan fingerprint density at radius 2 is 1.80 bits per heavy atom. The van der Waals surface area contributed by atoms with Gasteiger partial charge < -0.3 is 29.1 Å². The number of rotatable bonds is 7. The Hall–Kier alpha value is -3.80. The molecule has 186 valence electrons. The van der Waals surface area contributed by atoms with Crippen LogP contribution in [-0.4, -0.2) is 66.1 Å². The highest BCUT2D eigenvalue weighted by Crippen LogP contribution is 2.37. The monoisotopic (exact) mass is 494 g/mol. The lowest BCUT2D eigenvalue weighted by atomic mass is 10.1. The van der Waals surface area contributed by atoms with Gasteiger partial charge >= 0.3 is 12.3 Å². The number of likely N-dealkylation sites (tertiary alicyclic amines) is 1. The first-order valence-electron chi connectivity index (χ1n) is 10.6. The molecule has 2 amide bonds. The molecule has 0 radical (unpaired) electrons. The number of amides is 2. The summed E-state index contributed by atoms with van der Waals surface area (Å²) < 4.78 is 52.2. The van der Waals surface area contributed by atoms with Gasteiger partial charge in [-0.1, -0.05) is 24.3 Å². The average Bonchev–Trinajstić information content (AvgIpc) is 3.22. The number of fused-ring (bicyclic) bond motifs is 3. The molecule has 35 heavy (non-hydrogen) atoms. The highest BCUT2D eigenvalue weighted by atomic mass is 19.4. The van der Waals surface area contributed by atoms with E-state index in [0.717, 1.165) is 12.1 Å². The van der Waals surface area contributed by atoms with Crippen LogP contribution in [0.4, 0.5) is 18.9 Å². The molecule has 0 aliphatic carbocycles. The molecule has 1 fully saturated rings. The SMILES string of the molecule is O=C(O)COCC(=O)N1C[C@@H]2C[C@H]1C(=O)N(Cc1ccc(OC(F)(F)F)cc1)c1ccccc1O2. The maximum Gasteiger partial charge on any atom is 0.573 e. The van der Waals surface area contributed by atoms with Crippen molar-refractivity contribution >= 4 is 23.5 Å². The molecular formula is C23H21F3N2O7. The van der Waals surface area contributed by atoms with Crippen molar-refractivity contribution in [2.45, 2.75) is 31.5 Å². The van der Waals surface area contributed by atoms with Crippen molar-refractivity contribution < 1.29 is 46.9 Å². The summed E-state index contributed by atoms with van der Waals surface area (Å²) in [7, 11) is 0. The quantitative estimate of drug-likeness (QED) is 0.631. The molecule has 0 spiro atoms. The van der Waals surface area contributed by atoms with Crippen molar-refractivity contribution in [2.24, 2.45) is 0 Å². The van der Waals surface area contributed by atoms with E-state index in [9.17, 15) is 27.6 Å². The van der Waals surface area contributed by atoms with Gasteiger partial charge in [0.2, 0.25) is 11.8 Å². The van der Waals surface area contributed by atoms with Gasteiger partial charge in [-0.2, -0.15) is 0 Å². The Morgan fingerprint density at radius 1 is 1.09 bits per heavy atom. The van der Waals surface area contributed by atoms with Crippen LogP contribution < -0.4 is 14.4 Å². The molecule has 12 heteroatoms. The lowest BCUT2D eigenvalue weighted by Gasteiger charge is -2.31. The minimum absolute atomic E-state index is 0.00418. The van der Waals surface area contributed by atoms with Gasteiger partial charge in [-0.15, -0.1) is 13.2 Å². The molecule has 4 rings (SSSR count). The van der Waals surface area contributed by atoms with Crippen molar-refractivity contribution in [1.29, 1.82) is 0 Å². The molecule has 9 nitrogen and oxygen atoms in total. The predicted molar refractivity (Wildman–Crippen MR) is 114 cm³/mol. The minimum atomic E-state index is -4.82. The summed E-state index contributed by atoms with van der Waals surface area (Å²) >= 11 is 0. The van der Waals surface area contributed by atoms with E-state index < -0.39 is 49.5 Å². The van der Waals surface area contributed by atoms with Gasteiger partial charge in [0, 0.05) is 6.42 Å². The van der Waals surface area contributed by atoms with Gasteiger partial charge in [-0.25, -0.2) is 4.79 Å². The molecule has 1 N–H and O–H groups in total. The number of para-hydroxylation sites is 2. The van der Waals surface area contributed by atoms with E-state index in [2.05, 4.69) is 4.74 Å². The van der Waals surface area contributed by atoms with Crippen molar-refractivity contribution in [1.82, 2.24) is 4.90 Å². The van der Waals surface area contributed by atoms with E-state index in [1.807, 2.05) is 0 Å². The number of alkyl halides is 3. The van der Waals surface area contributed by atoms with Crippen LogP contribution in [-0.2, 0) is 25.7 Å². The van der Waals surface area contributed by atoms with E-state index in [4.69, 9.17) is 14.6 Å². The van der Waals surface area contributed by atoms with Gasteiger partial charge in [-0.3, -0.25) is 9.59 Å². The molecule has 2 aromatic carbocycles. The number of hydrogen-bond donors (Lipinski definition) is 1. The fourth-order valence-corrected chi connectivity index (χ4v) is 4.10. The number of carbonyl (C=O) groups is 3. The zero-order valence-electron chi connectivity index (χ0n) is 18.2. The zero-order valence-corrected chi connectivity index (χ0v) is 18.2. The van der Waals surface area contributed by atoms with E-state index >= 15 is 0 Å². The van der Waals surface area contributed by atoms with Crippen LogP contribution in [0.15, 0.2) is 48.5 Å². The van der Waals surface area contributed by atoms with Crippen LogP contribution in [0.1, 0.15) is 12.0 Å². The summed E-state index contributed by atoms with van der Waals surface area (Å²) in [6, 6.07) is 11.1. The first-order chi connectivity index (χ1) is 16.6. The normalized spacial score (nSPS) is 19.5. The molecule has 2 aliphatic heterocycles. The van der Waals surface area contributed by atoms with Gasteiger partial charge in [0.1, 0.15) is 36.9 Å². The van der Waals surface area contributed by atoms with Gasteiger partial charge in [0.25, 0.3) is 0 Å². The second-order valence-corrected chi connectivity index (χ2v) is 8.01. The second kappa shape index (κ2) is 9.82. The number of carbonyl (C=O) groups excluding carboxylic acids is 2. The van der Waals surface area contributed by atoms with Crippen LogP contribution in [0.5, 0.6) is 11.5 Å². The third-order valence-corrected chi connectivity index (χ3v) is 5.53. The first-order valence-corrected chi connectivity index (χ1v) is 10.6. The van der Waals surface area contributed by atoms with Crippen LogP contribution in [0.25, 0.3) is 0 Å². The lowest BCUT2D eigenvalue weighted by molar-refractivity contribution is -0.274. The number of halogens is 3. The average molecular weight is 494 g/mol. The fraction of sp³-hybridized carbons (Fsp3) is 0.348. The number of benzene rings is 2. The maximum atomic E-state index is 13.6. The molecule has 0 unspecified atom stereocenters. The maximum absolute atomic E-state index is 13.6. The molecule has 2 heterocycles. The van der Waals surface area contributed by atoms with Gasteiger partial charge in [-0.05, 0) is 29.8 Å². The van der Waals surface area contributed by atoms with Crippen LogP contribution >= 0.6 is 0 Å². The number of hydrogen-bond acceptors (Lipinski definition) is 6. The Morgan fingerprint density at radius 3 is 2.49 bits per heavy atom. The largest absolute Gasteiger partial charge is 0.573 e. The Bertz CT molecular complexity index is 1110. The number of ether oxygens (including phenoxy) is 3.